The Hall–Kier alpha value is -2.38. The molecule has 2 rings (SSSR count). The van der Waals surface area contributed by atoms with Gasteiger partial charge in [-0.25, -0.2) is 9.97 Å². The number of nitrogens with zero attached hydrogens (tertiary/aromatic N) is 3. The Morgan fingerprint density at radius 1 is 1.29 bits per heavy atom. The second-order valence-corrected chi connectivity index (χ2v) is 4.35. The van der Waals surface area contributed by atoms with Crippen LogP contribution in [0.25, 0.3) is 11.4 Å². The van der Waals surface area contributed by atoms with Crippen molar-refractivity contribution in [3.63, 3.8) is 0 Å². The van der Waals surface area contributed by atoms with E-state index in [1.54, 1.807) is 25.4 Å². The summed E-state index contributed by atoms with van der Waals surface area (Å²) >= 11 is 0. The van der Waals surface area contributed by atoms with Crippen molar-refractivity contribution in [3.8, 4) is 11.4 Å². The molecule has 1 heterocycles. The van der Waals surface area contributed by atoms with E-state index in [0.29, 0.717) is 19.0 Å². The highest BCUT2D eigenvalue weighted by molar-refractivity contribution is 5.57. The summed E-state index contributed by atoms with van der Waals surface area (Å²) in [5.41, 5.74) is 1.66. The van der Waals surface area contributed by atoms with Gasteiger partial charge in [-0.05, 0) is 18.2 Å². The molecule has 0 radical (unpaired) electrons. The average molecular weight is 288 g/mol. The van der Waals surface area contributed by atoms with Crippen molar-refractivity contribution in [2.75, 3.05) is 20.3 Å². The van der Waals surface area contributed by atoms with Crippen LogP contribution in [0.1, 0.15) is 5.69 Å². The molecule has 7 heteroatoms. The summed E-state index contributed by atoms with van der Waals surface area (Å²) in [7, 11) is 1.65. The summed E-state index contributed by atoms with van der Waals surface area (Å²) in [4.78, 5) is 18.8. The summed E-state index contributed by atoms with van der Waals surface area (Å²) in [5.74, 6) is 0.552. The third-order valence-electron chi connectivity index (χ3n) is 2.84. The Bertz CT molecular complexity index is 601. The minimum absolute atomic E-state index is 0.0520. The zero-order valence-corrected chi connectivity index (χ0v) is 11.7. The third-order valence-corrected chi connectivity index (χ3v) is 2.84. The Morgan fingerprint density at radius 2 is 2.05 bits per heavy atom. The highest BCUT2D eigenvalue weighted by Gasteiger charge is 2.07. The van der Waals surface area contributed by atoms with Gasteiger partial charge in [-0.1, -0.05) is 0 Å². The van der Waals surface area contributed by atoms with Gasteiger partial charge in [0.25, 0.3) is 5.69 Å². The molecule has 0 aliphatic heterocycles. The fourth-order valence-corrected chi connectivity index (χ4v) is 1.76. The van der Waals surface area contributed by atoms with E-state index in [1.165, 1.54) is 12.1 Å². The Kier molecular flexibility index (Phi) is 5.30. The predicted octanol–water partition coefficient (Wildman–Crippen LogP) is 1.79. The number of nitrogens with one attached hydrogen (secondary N) is 1. The number of ether oxygens (including phenoxy) is 1. The van der Waals surface area contributed by atoms with E-state index < -0.39 is 4.92 Å². The molecule has 0 aliphatic carbocycles. The smallest absolute Gasteiger partial charge is 0.269 e. The van der Waals surface area contributed by atoms with Gasteiger partial charge < -0.3 is 10.1 Å². The van der Waals surface area contributed by atoms with Crippen molar-refractivity contribution in [1.82, 2.24) is 15.3 Å². The van der Waals surface area contributed by atoms with Gasteiger partial charge in [-0.2, -0.15) is 0 Å². The highest BCUT2D eigenvalue weighted by Crippen LogP contribution is 2.19. The fraction of sp³-hybridized carbons (Fsp3) is 0.286. The summed E-state index contributed by atoms with van der Waals surface area (Å²) < 4.78 is 4.95. The van der Waals surface area contributed by atoms with Crippen LogP contribution in [-0.4, -0.2) is 35.2 Å². The quantitative estimate of drug-likeness (QED) is 0.474. The molecule has 21 heavy (non-hydrogen) atoms. The van der Waals surface area contributed by atoms with Crippen LogP contribution in [0.2, 0.25) is 0 Å². The van der Waals surface area contributed by atoms with Gasteiger partial charge in [0.05, 0.1) is 17.2 Å². The lowest BCUT2D eigenvalue weighted by Crippen LogP contribution is -2.19. The van der Waals surface area contributed by atoms with Crippen LogP contribution in [0, 0.1) is 10.1 Å². The molecule has 1 aromatic heterocycles. The first-order valence-electron chi connectivity index (χ1n) is 6.47. The van der Waals surface area contributed by atoms with Crippen LogP contribution in [-0.2, 0) is 11.3 Å². The number of nitro groups is 1. The maximum Gasteiger partial charge on any atom is 0.269 e. The fourth-order valence-electron chi connectivity index (χ4n) is 1.76. The van der Waals surface area contributed by atoms with E-state index in [2.05, 4.69) is 15.3 Å². The third kappa shape index (κ3) is 4.30. The van der Waals surface area contributed by atoms with Gasteiger partial charge >= 0.3 is 0 Å². The second kappa shape index (κ2) is 7.41. The van der Waals surface area contributed by atoms with E-state index in [-0.39, 0.29) is 5.69 Å². The van der Waals surface area contributed by atoms with Crippen molar-refractivity contribution in [2.45, 2.75) is 6.54 Å². The average Bonchev–Trinajstić information content (AvgIpc) is 2.52. The first kappa shape index (κ1) is 15.0. The molecule has 2 aromatic rings. The first-order chi connectivity index (χ1) is 10.2. The lowest BCUT2D eigenvalue weighted by Gasteiger charge is -2.05. The monoisotopic (exact) mass is 288 g/mol. The minimum Gasteiger partial charge on any atom is -0.383 e. The van der Waals surface area contributed by atoms with Crippen LogP contribution in [0.3, 0.4) is 0 Å². The molecule has 0 spiro atoms. The van der Waals surface area contributed by atoms with Gasteiger partial charge in [-0.15, -0.1) is 0 Å². The molecule has 0 saturated carbocycles. The maximum atomic E-state index is 10.6. The Balaban J connectivity index is 2.07. The predicted molar refractivity (Wildman–Crippen MR) is 77.7 cm³/mol. The molecule has 0 amide bonds. The molecule has 0 saturated heterocycles. The SMILES string of the molecule is COCCNCc1ccnc(-c2ccc([N+](=O)[O-])cc2)n1. The lowest BCUT2D eigenvalue weighted by molar-refractivity contribution is -0.384. The molecule has 7 nitrogen and oxygen atoms in total. The van der Waals surface area contributed by atoms with E-state index in [1.807, 2.05) is 6.07 Å². The summed E-state index contributed by atoms with van der Waals surface area (Å²) in [6, 6.07) is 8.02. The zero-order chi connectivity index (χ0) is 15.1. The molecule has 0 aliphatic rings. The number of benzene rings is 1. The summed E-state index contributed by atoms with van der Waals surface area (Å²) in [6.45, 7) is 2.00. The van der Waals surface area contributed by atoms with E-state index in [4.69, 9.17) is 4.74 Å². The number of rotatable bonds is 7. The molecule has 0 bridgehead atoms. The van der Waals surface area contributed by atoms with Crippen molar-refractivity contribution in [1.29, 1.82) is 0 Å². The number of hydrogen-bond donors (Lipinski definition) is 1. The molecule has 110 valence electrons. The normalized spacial score (nSPS) is 10.5. The molecular formula is C14H16N4O3. The van der Waals surface area contributed by atoms with Crippen molar-refractivity contribution >= 4 is 5.69 Å². The maximum absolute atomic E-state index is 10.6. The number of aromatic nitrogens is 2. The van der Waals surface area contributed by atoms with Crippen molar-refractivity contribution < 1.29 is 9.66 Å². The van der Waals surface area contributed by atoms with Crippen LogP contribution in [0.15, 0.2) is 36.5 Å². The largest absolute Gasteiger partial charge is 0.383 e. The molecule has 1 N–H and O–H groups in total. The molecular weight excluding hydrogens is 272 g/mol. The number of methoxy groups -OCH3 is 1. The van der Waals surface area contributed by atoms with Crippen LogP contribution in [0.4, 0.5) is 5.69 Å². The van der Waals surface area contributed by atoms with Crippen molar-refractivity contribution in [3.05, 3.63) is 52.3 Å². The van der Waals surface area contributed by atoms with Crippen LogP contribution < -0.4 is 5.32 Å². The van der Waals surface area contributed by atoms with Crippen LogP contribution >= 0.6 is 0 Å². The van der Waals surface area contributed by atoms with Gasteiger partial charge in [0.2, 0.25) is 0 Å². The Morgan fingerprint density at radius 3 is 2.71 bits per heavy atom. The second-order valence-electron chi connectivity index (χ2n) is 4.35. The lowest BCUT2D eigenvalue weighted by atomic mass is 10.2. The topological polar surface area (TPSA) is 90.2 Å². The number of non-ortho nitro benzene ring substituents is 1. The highest BCUT2D eigenvalue weighted by atomic mass is 16.6. The van der Waals surface area contributed by atoms with Gasteiger partial charge in [0.15, 0.2) is 5.82 Å². The molecule has 0 unspecified atom stereocenters. The van der Waals surface area contributed by atoms with Gasteiger partial charge in [-0.3, -0.25) is 10.1 Å². The molecule has 0 fully saturated rings. The molecule has 0 atom stereocenters. The van der Waals surface area contributed by atoms with Gasteiger partial charge in [0.1, 0.15) is 0 Å². The van der Waals surface area contributed by atoms with E-state index in [0.717, 1.165) is 17.8 Å². The minimum atomic E-state index is -0.430. The first-order valence-corrected chi connectivity index (χ1v) is 6.47. The van der Waals surface area contributed by atoms with E-state index >= 15 is 0 Å². The summed E-state index contributed by atoms with van der Waals surface area (Å²) in [6.07, 6.45) is 1.68. The van der Waals surface area contributed by atoms with Crippen molar-refractivity contribution in [2.24, 2.45) is 0 Å². The van der Waals surface area contributed by atoms with Crippen LogP contribution in [0.5, 0.6) is 0 Å². The number of nitro benzene ring substituents is 1. The molecule has 1 aromatic carbocycles. The Labute approximate surface area is 122 Å². The number of hydrogen-bond acceptors (Lipinski definition) is 6. The van der Waals surface area contributed by atoms with Gasteiger partial charge in [0, 0.05) is 44.1 Å². The van der Waals surface area contributed by atoms with E-state index in [9.17, 15) is 10.1 Å². The summed E-state index contributed by atoms with van der Waals surface area (Å²) in [5, 5.41) is 13.8. The zero-order valence-electron chi connectivity index (χ0n) is 11.7. The standard InChI is InChI=1S/C14H16N4O3/c1-21-9-8-15-10-12-6-7-16-14(17-12)11-2-4-13(5-3-11)18(19)20/h2-7,15H,8-10H2,1H3.